The Balaban J connectivity index is 1.03. The summed E-state index contributed by atoms with van der Waals surface area (Å²) in [6.45, 7) is 8.36. The molecule has 0 unspecified atom stereocenters. The van der Waals surface area contributed by atoms with Crippen molar-refractivity contribution < 1.29 is 17.9 Å². The first-order valence-corrected chi connectivity index (χ1v) is 35.3. The van der Waals surface area contributed by atoms with Crippen LogP contribution in [0.5, 0.6) is 0 Å². The highest BCUT2D eigenvalue weighted by Gasteiger charge is 2.44. The smallest absolute Gasteiger partial charge is 0.0780 e. The van der Waals surface area contributed by atoms with Crippen molar-refractivity contribution in [3.63, 3.8) is 0 Å². The van der Waals surface area contributed by atoms with Crippen molar-refractivity contribution in [2.75, 3.05) is 122 Å². The molecule has 6 aromatic carbocycles. The van der Waals surface area contributed by atoms with Gasteiger partial charge in [-0.15, -0.1) is 0 Å². The minimum absolute atomic E-state index is 0.0342. The summed E-state index contributed by atoms with van der Waals surface area (Å²) in [5.74, 6) is 0. The molecule has 0 N–H and O–H groups in total. The molecule has 1 aliphatic heterocycles. The predicted octanol–water partition coefficient (Wildman–Crippen LogP) is 20.4. The van der Waals surface area contributed by atoms with Crippen molar-refractivity contribution in [3.8, 4) is 44.5 Å². The first-order valence-electron chi connectivity index (χ1n) is 34.5. The molecular formula is C80H117N5S+4. The Labute approximate surface area is 530 Å². The van der Waals surface area contributed by atoms with Crippen LogP contribution in [0.25, 0.3) is 44.5 Å². The number of rotatable bonds is 35. The molecule has 2 aliphatic carbocycles. The molecule has 0 fully saturated rings. The molecule has 0 spiro atoms. The predicted molar refractivity (Wildman–Crippen MR) is 375 cm³/mol. The summed E-state index contributed by atoms with van der Waals surface area (Å²) in [7, 11) is 28.1. The van der Waals surface area contributed by atoms with Crippen LogP contribution < -0.4 is 4.90 Å². The van der Waals surface area contributed by atoms with E-state index in [9.17, 15) is 0 Å². The second-order valence-electron chi connectivity index (χ2n) is 31.2. The zero-order chi connectivity index (χ0) is 61.2. The van der Waals surface area contributed by atoms with Crippen LogP contribution in [0.15, 0.2) is 131 Å². The third kappa shape index (κ3) is 16.6. The monoisotopic (exact) mass is 1180 g/mol. The molecule has 0 bridgehead atoms. The number of anilines is 2. The topological polar surface area (TPSA) is 3.24 Å². The average molecular weight is 1180 g/mol. The minimum atomic E-state index is 0.0342. The van der Waals surface area contributed by atoms with Crippen LogP contribution in [-0.4, -0.2) is 135 Å². The van der Waals surface area contributed by atoms with Crippen LogP contribution in [-0.2, 0) is 10.8 Å². The van der Waals surface area contributed by atoms with E-state index in [0.29, 0.717) is 0 Å². The zero-order valence-corrected chi connectivity index (χ0v) is 57.5. The summed E-state index contributed by atoms with van der Waals surface area (Å²) in [6.07, 6.45) is 30.7. The highest BCUT2D eigenvalue weighted by Crippen LogP contribution is 2.58. The van der Waals surface area contributed by atoms with Gasteiger partial charge >= 0.3 is 0 Å². The van der Waals surface area contributed by atoms with E-state index < -0.39 is 0 Å². The molecule has 6 heteroatoms. The fourth-order valence-corrected chi connectivity index (χ4v) is 16.4. The quantitative estimate of drug-likeness (QED) is 0.0288. The fraction of sp³-hybridized carbons (Fsp3) is 0.550. The Morgan fingerprint density at radius 2 is 0.628 bits per heavy atom. The van der Waals surface area contributed by atoms with Gasteiger partial charge in [0.05, 0.1) is 122 Å². The Hall–Kier alpha value is -4.69. The lowest BCUT2D eigenvalue weighted by molar-refractivity contribution is -0.870. The van der Waals surface area contributed by atoms with E-state index in [2.05, 4.69) is 218 Å². The van der Waals surface area contributed by atoms with Gasteiger partial charge in [-0.05, 0) is 187 Å². The third-order valence-corrected chi connectivity index (χ3v) is 21.0. The molecular weight excluding hydrogens is 1060 g/mol. The molecule has 0 atom stereocenters. The van der Waals surface area contributed by atoms with Gasteiger partial charge in [-0.1, -0.05) is 174 Å². The molecule has 6 aromatic rings. The minimum Gasteiger partial charge on any atom is -0.340 e. The summed E-state index contributed by atoms with van der Waals surface area (Å²) < 4.78 is 4.20. The Kier molecular flexibility index (Phi) is 22.1. The van der Waals surface area contributed by atoms with Gasteiger partial charge in [-0.25, -0.2) is 0 Å². The number of hydrogen-bond donors (Lipinski definition) is 0. The number of quaternary nitrogens is 4. The molecule has 0 amide bonds. The molecule has 86 heavy (non-hydrogen) atoms. The van der Waals surface area contributed by atoms with Gasteiger partial charge in [-0.2, -0.15) is 0 Å². The van der Waals surface area contributed by atoms with Crippen LogP contribution in [0.3, 0.4) is 0 Å². The van der Waals surface area contributed by atoms with Crippen molar-refractivity contribution in [1.29, 1.82) is 0 Å². The maximum atomic E-state index is 2.68. The van der Waals surface area contributed by atoms with Gasteiger partial charge in [0.2, 0.25) is 0 Å². The maximum absolute atomic E-state index is 2.68. The van der Waals surface area contributed by atoms with E-state index in [-0.39, 0.29) is 10.8 Å². The number of hydrogen-bond acceptors (Lipinski definition) is 2. The molecule has 0 radical (unpaired) electrons. The number of fused-ring (bicyclic) bond motifs is 8. The van der Waals surface area contributed by atoms with Gasteiger partial charge in [0.1, 0.15) is 0 Å². The summed E-state index contributed by atoms with van der Waals surface area (Å²) in [6, 6.07) is 49.3. The SMILES string of the molecule is CCCCCCN1c2ccc(-c3ccc4c(c3)C(CCCCCC[N+](C)(C)C)(CCCCCC[N+](C)(C)C)c3ccccc3-4)cc2Sc2cc(-c3ccc4c(c3)C(CCCCCC[N+](C)(C)C)(CCCCCC[N+](C)(C)C)c3ccccc3-4)ccc21. The largest absolute Gasteiger partial charge is 0.340 e. The lowest BCUT2D eigenvalue weighted by Gasteiger charge is -2.34. The molecule has 9 rings (SSSR count). The molecule has 464 valence electrons. The van der Waals surface area contributed by atoms with Crippen LogP contribution >= 0.6 is 11.8 Å². The summed E-state index contributed by atoms with van der Waals surface area (Å²) >= 11 is 2.01. The van der Waals surface area contributed by atoms with E-state index in [1.165, 1.54) is 246 Å². The normalized spacial score (nSPS) is 14.9. The van der Waals surface area contributed by atoms with Gasteiger partial charge in [-0.3, -0.25) is 0 Å². The van der Waals surface area contributed by atoms with E-state index in [1.54, 1.807) is 22.3 Å². The van der Waals surface area contributed by atoms with Gasteiger partial charge in [0.15, 0.2) is 0 Å². The van der Waals surface area contributed by atoms with Gasteiger partial charge < -0.3 is 22.8 Å². The lowest BCUT2D eigenvalue weighted by atomic mass is 9.70. The molecule has 1 heterocycles. The molecule has 0 saturated carbocycles. The van der Waals surface area contributed by atoms with Crippen molar-refractivity contribution in [2.45, 2.75) is 182 Å². The highest BCUT2D eigenvalue weighted by atomic mass is 32.2. The number of nitrogens with zero attached hydrogens (tertiary/aromatic N) is 5. The van der Waals surface area contributed by atoms with Crippen LogP contribution in [0.4, 0.5) is 11.4 Å². The van der Waals surface area contributed by atoms with Crippen molar-refractivity contribution in [1.82, 2.24) is 0 Å². The third-order valence-electron chi connectivity index (χ3n) is 19.9. The van der Waals surface area contributed by atoms with Crippen LogP contribution in [0.2, 0.25) is 0 Å². The first-order chi connectivity index (χ1) is 41.1. The Morgan fingerprint density at radius 3 is 0.988 bits per heavy atom. The van der Waals surface area contributed by atoms with Crippen LogP contribution in [0, 0.1) is 0 Å². The standard InChI is InChI=1S/C80H117N5S/c1-14-15-16-33-54-81-75-48-44-65(63-42-46-69-67-38-25-27-40-71(67)79(73(69)59-63,50-29-17-21-34-55-82(2,3)4)51-30-18-22-35-56-83(5,6)7)61-77(75)86-78-62-66(45-49-76(78)81)64-43-47-70-68-39-26-28-41-72(68)80(74(70)60-64,52-31-19-23-36-57-84(8,9)10)53-32-20-24-37-58-85(11,12)13/h25-28,38-49,59-62H,14-24,29-37,50-58H2,1-13H3/q+4. The van der Waals surface area contributed by atoms with Crippen molar-refractivity contribution >= 4 is 23.1 Å². The average Bonchev–Trinajstić information content (AvgIpc) is 1.57. The first kappa shape index (κ1) is 65.7. The van der Waals surface area contributed by atoms with E-state index in [1.807, 2.05) is 11.8 Å². The number of unbranched alkanes of at least 4 members (excludes halogenated alkanes) is 15. The van der Waals surface area contributed by atoms with E-state index >= 15 is 0 Å². The lowest BCUT2D eigenvalue weighted by Crippen LogP contribution is -2.35. The fourth-order valence-electron chi connectivity index (χ4n) is 15.2. The second kappa shape index (κ2) is 28.9. The van der Waals surface area contributed by atoms with Gasteiger partial charge in [0, 0.05) is 27.2 Å². The maximum Gasteiger partial charge on any atom is 0.0780 e. The zero-order valence-electron chi connectivity index (χ0n) is 56.7. The summed E-state index contributed by atoms with van der Waals surface area (Å²) in [5.41, 5.74) is 20.4. The Morgan fingerprint density at radius 1 is 0.314 bits per heavy atom. The molecule has 0 saturated heterocycles. The summed E-state index contributed by atoms with van der Waals surface area (Å²) in [5, 5.41) is 0. The second-order valence-corrected chi connectivity index (χ2v) is 32.3. The Bertz CT molecular complexity index is 2900. The summed E-state index contributed by atoms with van der Waals surface area (Å²) in [4.78, 5) is 5.44. The van der Waals surface area contributed by atoms with Crippen molar-refractivity contribution in [2.24, 2.45) is 0 Å². The van der Waals surface area contributed by atoms with E-state index in [4.69, 9.17) is 0 Å². The van der Waals surface area contributed by atoms with Crippen LogP contribution in [0.1, 0.15) is 183 Å². The van der Waals surface area contributed by atoms with Crippen molar-refractivity contribution in [3.05, 3.63) is 144 Å². The molecule has 5 nitrogen and oxygen atoms in total. The highest BCUT2D eigenvalue weighted by molar-refractivity contribution is 7.99. The van der Waals surface area contributed by atoms with E-state index in [0.717, 1.165) is 24.5 Å². The number of benzene rings is 6. The molecule has 0 aromatic heterocycles. The van der Waals surface area contributed by atoms with Gasteiger partial charge in [0.25, 0.3) is 0 Å². The molecule has 3 aliphatic rings.